The molecule has 0 aliphatic carbocycles. The van der Waals surface area contributed by atoms with E-state index < -0.39 is 17.7 Å². The standard InChI is InChI=1S/C35H33N3O5/c1-22-19-26(15-18-30(22)43-21-24-9-6-5-7-10-24)33(40)31-32(25-13-16-28(17-14-25)37(3)4)38(35(42)34(31)41)29-12-8-11-27(20-29)36-23(2)39/h5-20,32,40H,21H2,1-4H3,(H,36,39)/b33-31+. The Kier molecular flexibility index (Phi) is 8.29. The Morgan fingerprint density at radius 3 is 2.30 bits per heavy atom. The van der Waals surface area contributed by atoms with E-state index in [1.165, 1.54) is 11.8 Å². The fourth-order valence-corrected chi connectivity index (χ4v) is 5.16. The molecular formula is C35H33N3O5. The van der Waals surface area contributed by atoms with E-state index >= 15 is 0 Å². The molecule has 2 amide bonds. The number of ether oxygens (including phenoxy) is 1. The van der Waals surface area contributed by atoms with Crippen LogP contribution in [-0.4, -0.2) is 36.8 Å². The van der Waals surface area contributed by atoms with Gasteiger partial charge in [-0.25, -0.2) is 0 Å². The van der Waals surface area contributed by atoms with E-state index in [4.69, 9.17) is 4.74 Å². The summed E-state index contributed by atoms with van der Waals surface area (Å²) in [6, 6.07) is 28.3. The number of aryl methyl sites for hydroxylation is 1. The highest BCUT2D eigenvalue weighted by molar-refractivity contribution is 6.51. The van der Waals surface area contributed by atoms with Gasteiger partial charge in [0.1, 0.15) is 18.1 Å². The first-order valence-corrected chi connectivity index (χ1v) is 13.9. The second kappa shape index (κ2) is 12.2. The predicted molar refractivity (Wildman–Crippen MR) is 168 cm³/mol. The molecular weight excluding hydrogens is 542 g/mol. The van der Waals surface area contributed by atoms with Crippen LogP contribution in [0, 0.1) is 6.92 Å². The Bertz CT molecular complexity index is 1710. The summed E-state index contributed by atoms with van der Waals surface area (Å²) < 4.78 is 5.99. The number of nitrogens with one attached hydrogen (secondary N) is 1. The lowest BCUT2D eigenvalue weighted by Gasteiger charge is -2.26. The van der Waals surface area contributed by atoms with Crippen LogP contribution in [0.4, 0.5) is 17.1 Å². The first kappa shape index (κ1) is 29.1. The summed E-state index contributed by atoms with van der Waals surface area (Å²) in [5, 5.41) is 14.3. The van der Waals surface area contributed by atoms with Crippen molar-refractivity contribution in [1.29, 1.82) is 0 Å². The van der Waals surface area contributed by atoms with Crippen molar-refractivity contribution in [2.24, 2.45) is 0 Å². The van der Waals surface area contributed by atoms with Gasteiger partial charge >= 0.3 is 0 Å². The topological polar surface area (TPSA) is 99.2 Å². The molecule has 8 heteroatoms. The van der Waals surface area contributed by atoms with Crippen molar-refractivity contribution < 1.29 is 24.2 Å². The fourth-order valence-electron chi connectivity index (χ4n) is 5.16. The van der Waals surface area contributed by atoms with Crippen LogP contribution in [-0.2, 0) is 21.0 Å². The highest BCUT2D eigenvalue weighted by atomic mass is 16.5. The molecule has 1 fully saturated rings. The van der Waals surface area contributed by atoms with E-state index in [0.717, 1.165) is 16.8 Å². The molecule has 2 N–H and O–H groups in total. The van der Waals surface area contributed by atoms with Gasteiger partial charge in [0.05, 0.1) is 11.6 Å². The van der Waals surface area contributed by atoms with Crippen molar-refractivity contribution in [3.05, 3.63) is 125 Å². The van der Waals surface area contributed by atoms with Gasteiger partial charge in [0, 0.05) is 43.6 Å². The quantitative estimate of drug-likeness (QED) is 0.147. The number of hydrogen-bond donors (Lipinski definition) is 2. The van der Waals surface area contributed by atoms with Crippen molar-refractivity contribution in [3.63, 3.8) is 0 Å². The number of aliphatic hydroxyl groups is 1. The minimum atomic E-state index is -0.905. The Morgan fingerprint density at radius 1 is 0.930 bits per heavy atom. The molecule has 0 radical (unpaired) electrons. The van der Waals surface area contributed by atoms with E-state index in [1.54, 1.807) is 42.5 Å². The van der Waals surface area contributed by atoms with Crippen molar-refractivity contribution in [2.45, 2.75) is 26.5 Å². The van der Waals surface area contributed by atoms with E-state index in [9.17, 15) is 19.5 Å². The predicted octanol–water partition coefficient (Wildman–Crippen LogP) is 6.22. The maximum Gasteiger partial charge on any atom is 0.300 e. The summed E-state index contributed by atoms with van der Waals surface area (Å²) >= 11 is 0. The third-order valence-electron chi connectivity index (χ3n) is 7.30. The van der Waals surface area contributed by atoms with Crippen LogP contribution in [0.1, 0.15) is 35.2 Å². The van der Waals surface area contributed by atoms with Crippen molar-refractivity contribution in [2.75, 3.05) is 29.2 Å². The maximum absolute atomic E-state index is 13.6. The number of hydrogen-bond acceptors (Lipinski definition) is 6. The average molecular weight is 576 g/mol. The van der Waals surface area contributed by atoms with Crippen LogP contribution in [0.5, 0.6) is 5.75 Å². The van der Waals surface area contributed by atoms with E-state index in [2.05, 4.69) is 5.32 Å². The summed E-state index contributed by atoms with van der Waals surface area (Å²) in [5.41, 5.74) is 4.64. The summed E-state index contributed by atoms with van der Waals surface area (Å²) in [4.78, 5) is 42.2. The zero-order chi connectivity index (χ0) is 30.7. The molecule has 1 aliphatic heterocycles. The Labute approximate surface area is 250 Å². The van der Waals surface area contributed by atoms with Crippen molar-refractivity contribution >= 4 is 40.4 Å². The summed E-state index contributed by atoms with van der Waals surface area (Å²) in [5.74, 6) is -1.47. The third-order valence-corrected chi connectivity index (χ3v) is 7.30. The van der Waals surface area contributed by atoms with Crippen LogP contribution >= 0.6 is 0 Å². The summed E-state index contributed by atoms with van der Waals surface area (Å²) in [6.45, 7) is 3.64. The molecule has 0 bridgehead atoms. The number of anilines is 3. The van der Waals surface area contributed by atoms with Crippen LogP contribution in [0.25, 0.3) is 5.76 Å². The molecule has 0 saturated carbocycles. The lowest BCUT2D eigenvalue weighted by Crippen LogP contribution is -2.29. The van der Waals surface area contributed by atoms with Gasteiger partial charge in [-0.05, 0) is 72.1 Å². The lowest BCUT2D eigenvalue weighted by molar-refractivity contribution is -0.132. The number of carbonyl (C=O) groups excluding carboxylic acids is 3. The molecule has 1 aliphatic rings. The molecule has 1 heterocycles. The zero-order valence-electron chi connectivity index (χ0n) is 24.5. The van der Waals surface area contributed by atoms with Crippen LogP contribution < -0.4 is 19.9 Å². The Morgan fingerprint density at radius 2 is 1.65 bits per heavy atom. The monoisotopic (exact) mass is 575 g/mol. The number of rotatable bonds is 8. The average Bonchev–Trinajstić information content (AvgIpc) is 3.26. The maximum atomic E-state index is 13.6. The van der Waals surface area contributed by atoms with Gasteiger partial charge in [-0.3, -0.25) is 19.3 Å². The molecule has 0 aromatic heterocycles. The van der Waals surface area contributed by atoms with Gasteiger partial charge in [-0.1, -0.05) is 48.5 Å². The minimum Gasteiger partial charge on any atom is -0.507 e. The molecule has 5 rings (SSSR count). The summed E-state index contributed by atoms with van der Waals surface area (Å²) in [6.07, 6.45) is 0. The molecule has 4 aromatic rings. The smallest absolute Gasteiger partial charge is 0.300 e. The number of ketones is 1. The Hall–Kier alpha value is -5.37. The van der Waals surface area contributed by atoms with Gasteiger partial charge in [0.25, 0.3) is 11.7 Å². The zero-order valence-corrected chi connectivity index (χ0v) is 24.5. The fraction of sp³-hybridized carbons (Fsp3) is 0.171. The first-order valence-electron chi connectivity index (χ1n) is 13.9. The first-order chi connectivity index (χ1) is 20.6. The van der Waals surface area contributed by atoms with Gasteiger partial charge < -0.3 is 20.1 Å². The Balaban J connectivity index is 1.57. The highest BCUT2D eigenvalue weighted by Gasteiger charge is 2.47. The van der Waals surface area contributed by atoms with Crippen molar-refractivity contribution in [1.82, 2.24) is 0 Å². The van der Waals surface area contributed by atoms with Crippen LogP contribution in [0.3, 0.4) is 0 Å². The molecule has 43 heavy (non-hydrogen) atoms. The third kappa shape index (κ3) is 6.13. The molecule has 1 saturated heterocycles. The number of Topliss-reactive ketones (excluding diaryl/α,β-unsaturated/α-hetero) is 1. The van der Waals surface area contributed by atoms with Gasteiger partial charge in [-0.2, -0.15) is 0 Å². The van der Waals surface area contributed by atoms with Gasteiger partial charge in [0.2, 0.25) is 5.91 Å². The van der Waals surface area contributed by atoms with Crippen LogP contribution in [0.2, 0.25) is 0 Å². The molecule has 4 aromatic carbocycles. The van der Waals surface area contributed by atoms with E-state index in [1.807, 2.05) is 80.5 Å². The van der Waals surface area contributed by atoms with Gasteiger partial charge in [0.15, 0.2) is 0 Å². The summed E-state index contributed by atoms with van der Waals surface area (Å²) in [7, 11) is 3.84. The minimum absolute atomic E-state index is 0.0233. The number of amides is 2. The number of aliphatic hydroxyl groups excluding tert-OH is 1. The van der Waals surface area contributed by atoms with E-state index in [-0.39, 0.29) is 17.2 Å². The SMILES string of the molecule is CC(=O)Nc1cccc(N2C(=O)C(=O)/C(=C(/O)c3ccc(OCc4ccccc4)c(C)c3)C2c2ccc(N(C)C)cc2)c1. The van der Waals surface area contributed by atoms with Crippen molar-refractivity contribution in [3.8, 4) is 5.75 Å². The molecule has 0 spiro atoms. The number of benzene rings is 4. The molecule has 8 nitrogen and oxygen atoms in total. The van der Waals surface area contributed by atoms with Crippen LogP contribution in [0.15, 0.2) is 103 Å². The normalized spacial score (nSPS) is 15.8. The molecule has 218 valence electrons. The number of nitrogens with zero attached hydrogens (tertiary/aromatic N) is 2. The second-order valence-corrected chi connectivity index (χ2v) is 10.6. The number of carbonyl (C=O) groups is 3. The largest absolute Gasteiger partial charge is 0.507 e. The molecule has 1 atom stereocenters. The lowest BCUT2D eigenvalue weighted by atomic mass is 9.94. The second-order valence-electron chi connectivity index (χ2n) is 10.6. The molecule has 1 unspecified atom stereocenters. The van der Waals surface area contributed by atoms with E-state index in [0.29, 0.717) is 34.9 Å². The highest BCUT2D eigenvalue weighted by Crippen LogP contribution is 2.43. The van der Waals surface area contributed by atoms with Gasteiger partial charge in [-0.15, -0.1) is 0 Å².